The molecule has 1 fully saturated rings. The number of amides is 1. The highest BCUT2D eigenvalue weighted by Gasteiger charge is 2.24. The fourth-order valence-corrected chi connectivity index (χ4v) is 2.10. The first-order chi connectivity index (χ1) is 7.66. The molecule has 1 aromatic heterocycles. The van der Waals surface area contributed by atoms with Gasteiger partial charge in [-0.1, -0.05) is 0 Å². The molecule has 88 valence electrons. The molecule has 0 radical (unpaired) electrons. The fourth-order valence-electron chi connectivity index (χ4n) is 1.79. The largest absolute Gasteiger partial charge is 0.444 e. The van der Waals surface area contributed by atoms with Gasteiger partial charge in [0.25, 0.3) is 5.91 Å². The molecule has 2 heterocycles. The van der Waals surface area contributed by atoms with Crippen LogP contribution in [0.5, 0.6) is 0 Å². The molecule has 16 heavy (non-hydrogen) atoms. The third-order valence-corrected chi connectivity index (χ3v) is 3.28. The van der Waals surface area contributed by atoms with Crippen molar-refractivity contribution in [3.63, 3.8) is 0 Å². The van der Waals surface area contributed by atoms with E-state index in [4.69, 9.17) is 9.15 Å². The molecular weight excluding hydrogens is 274 g/mol. The number of halogens is 1. The van der Waals surface area contributed by atoms with Gasteiger partial charge in [-0.15, -0.1) is 0 Å². The minimum atomic E-state index is -0.176. The van der Waals surface area contributed by atoms with Gasteiger partial charge in [-0.3, -0.25) is 4.79 Å². The van der Waals surface area contributed by atoms with Crippen LogP contribution in [0.25, 0.3) is 0 Å². The lowest BCUT2D eigenvalue weighted by Crippen LogP contribution is -2.31. The van der Waals surface area contributed by atoms with Gasteiger partial charge in [-0.2, -0.15) is 0 Å². The molecule has 2 rings (SSSR count). The second kappa shape index (κ2) is 5.01. The number of nitrogens with one attached hydrogen (secondary N) is 1. The van der Waals surface area contributed by atoms with Crippen molar-refractivity contribution in [2.75, 3.05) is 13.2 Å². The van der Waals surface area contributed by atoms with Gasteiger partial charge in [-0.05, 0) is 41.4 Å². The molecule has 1 amide bonds. The minimum absolute atomic E-state index is 0.176. The van der Waals surface area contributed by atoms with Gasteiger partial charge in [0.1, 0.15) is 0 Å². The highest BCUT2D eigenvalue weighted by atomic mass is 79.9. The number of ether oxygens (including phenoxy) is 1. The van der Waals surface area contributed by atoms with Crippen molar-refractivity contribution in [3.8, 4) is 0 Å². The molecule has 0 aliphatic carbocycles. The Bertz CT molecular complexity index is 377. The summed E-state index contributed by atoms with van der Waals surface area (Å²) in [5.74, 6) is 0.561. The fraction of sp³-hybridized carbons (Fsp3) is 0.545. The summed E-state index contributed by atoms with van der Waals surface area (Å²) in [6.45, 7) is 3.46. The molecule has 0 bridgehead atoms. The third-order valence-electron chi connectivity index (χ3n) is 2.86. The summed E-state index contributed by atoms with van der Waals surface area (Å²) < 4.78 is 11.2. The molecule has 0 aromatic carbocycles. The number of furan rings is 1. The smallest absolute Gasteiger partial charge is 0.287 e. The molecule has 5 heteroatoms. The van der Waals surface area contributed by atoms with E-state index in [1.54, 1.807) is 12.1 Å². The van der Waals surface area contributed by atoms with E-state index in [1.165, 1.54) is 0 Å². The quantitative estimate of drug-likeness (QED) is 0.927. The molecule has 4 nitrogen and oxygen atoms in total. The zero-order chi connectivity index (χ0) is 11.5. The van der Waals surface area contributed by atoms with E-state index in [9.17, 15) is 4.79 Å². The number of hydrogen-bond acceptors (Lipinski definition) is 3. The maximum absolute atomic E-state index is 11.7. The Hall–Kier alpha value is -0.810. The first-order valence-corrected chi connectivity index (χ1v) is 6.11. The van der Waals surface area contributed by atoms with Gasteiger partial charge >= 0.3 is 0 Å². The van der Waals surface area contributed by atoms with Crippen LogP contribution in [0, 0.1) is 5.92 Å². The van der Waals surface area contributed by atoms with Crippen molar-refractivity contribution >= 4 is 21.8 Å². The second-order valence-corrected chi connectivity index (χ2v) is 4.72. The first-order valence-electron chi connectivity index (χ1n) is 5.32. The summed E-state index contributed by atoms with van der Waals surface area (Å²) in [4.78, 5) is 11.7. The molecule has 0 spiro atoms. The van der Waals surface area contributed by atoms with Gasteiger partial charge in [0, 0.05) is 19.1 Å². The Morgan fingerprint density at radius 1 is 1.62 bits per heavy atom. The lowest BCUT2D eigenvalue weighted by molar-refractivity contribution is 0.0883. The maximum atomic E-state index is 11.7. The van der Waals surface area contributed by atoms with E-state index in [-0.39, 0.29) is 12.0 Å². The Morgan fingerprint density at radius 3 is 3.00 bits per heavy atom. The lowest BCUT2D eigenvalue weighted by atomic mass is 10.0. The minimum Gasteiger partial charge on any atom is -0.444 e. The van der Waals surface area contributed by atoms with Gasteiger partial charge in [0.2, 0.25) is 0 Å². The van der Waals surface area contributed by atoms with E-state index in [1.807, 2.05) is 6.92 Å². The third kappa shape index (κ3) is 2.65. The molecule has 1 saturated heterocycles. The van der Waals surface area contributed by atoms with E-state index in [2.05, 4.69) is 21.2 Å². The van der Waals surface area contributed by atoms with Crippen molar-refractivity contribution in [2.24, 2.45) is 5.92 Å². The Kier molecular flexibility index (Phi) is 3.66. The van der Waals surface area contributed by atoms with E-state index < -0.39 is 0 Å². The van der Waals surface area contributed by atoms with Crippen LogP contribution in [0.2, 0.25) is 0 Å². The summed E-state index contributed by atoms with van der Waals surface area (Å²) in [5.41, 5.74) is 0. The van der Waals surface area contributed by atoms with Gasteiger partial charge in [-0.25, -0.2) is 0 Å². The highest BCUT2D eigenvalue weighted by Crippen LogP contribution is 2.19. The predicted molar refractivity (Wildman–Crippen MR) is 62.3 cm³/mol. The average molecular weight is 288 g/mol. The van der Waals surface area contributed by atoms with Gasteiger partial charge in [0.15, 0.2) is 10.4 Å². The summed E-state index contributed by atoms with van der Waals surface area (Å²) in [6, 6.07) is 3.35. The number of carbonyl (C=O) groups excluding carboxylic acids is 1. The number of hydrogen-bond donors (Lipinski definition) is 1. The van der Waals surface area contributed by atoms with Crippen LogP contribution in [0.3, 0.4) is 0 Å². The van der Waals surface area contributed by atoms with E-state index in [0.717, 1.165) is 13.0 Å². The van der Waals surface area contributed by atoms with Crippen molar-refractivity contribution in [1.29, 1.82) is 0 Å². The zero-order valence-corrected chi connectivity index (χ0v) is 10.6. The normalized spacial score (nSPS) is 24.6. The van der Waals surface area contributed by atoms with Crippen LogP contribution >= 0.6 is 15.9 Å². The van der Waals surface area contributed by atoms with Crippen LogP contribution in [-0.2, 0) is 4.74 Å². The van der Waals surface area contributed by atoms with Crippen molar-refractivity contribution in [2.45, 2.75) is 19.4 Å². The number of carbonyl (C=O) groups is 1. The summed E-state index contributed by atoms with van der Waals surface area (Å²) in [7, 11) is 0. The number of rotatable bonds is 3. The van der Waals surface area contributed by atoms with Crippen molar-refractivity contribution < 1.29 is 13.9 Å². The second-order valence-electron chi connectivity index (χ2n) is 3.94. The van der Waals surface area contributed by atoms with Gasteiger partial charge < -0.3 is 14.5 Å². The topological polar surface area (TPSA) is 51.5 Å². The molecule has 0 saturated carbocycles. The molecule has 2 unspecified atom stereocenters. The molecular formula is C11H14BrNO3. The zero-order valence-electron chi connectivity index (χ0n) is 9.03. The van der Waals surface area contributed by atoms with Crippen LogP contribution in [0.1, 0.15) is 23.9 Å². The first kappa shape index (κ1) is 11.7. The molecule has 1 aliphatic rings. The Labute approximate surface area is 102 Å². The van der Waals surface area contributed by atoms with E-state index >= 15 is 0 Å². The molecule has 1 N–H and O–H groups in total. The standard InChI is InChI=1S/C11H14BrNO3/c1-7-8(4-5-15-7)6-13-11(14)9-2-3-10(12)16-9/h2-3,7-8H,4-6H2,1H3,(H,13,14). The highest BCUT2D eigenvalue weighted by molar-refractivity contribution is 9.10. The van der Waals surface area contributed by atoms with Crippen molar-refractivity contribution in [1.82, 2.24) is 5.32 Å². The Morgan fingerprint density at radius 2 is 2.44 bits per heavy atom. The monoisotopic (exact) mass is 287 g/mol. The molecule has 2 atom stereocenters. The average Bonchev–Trinajstić information content (AvgIpc) is 2.84. The SMILES string of the molecule is CC1OCCC1CNC(=O)c1ccc(Br)o1. The van der Waals surface area contributed by atoms with Crippen LogP contribution in [-0.4, -0.2) is 25.2 Å². The summed E-state index contributed by atoms with van der Waals surface area (Å²) >= 11 is 3.16. The van der Waals surface area contributed by atoms with Crippen LogP contribution in [0.15, 0.2) is 21.2 Å². The van der Waals surface area contributed by atoms with Gasteiger partial charge in [0.05, 0.1) is 6.10 Å². The lowest BCUT2D eigenvalue weighted by Gasteiger charge is -2.13. The van der Waals surface area contributed by atoms with E-state index in [0.29, 0.717) is 22.9 Å². The summed E-state index contributed by atoms with van der Waals surface area (Å²) in [6.07, 6.45) is 1.23. The van der Waals surface area contributed by atoms with Crippen molar-refractivity contribution in [3.05, 3.63) is 22.6 Å². The maximum Gasteiger partial charge on any atom is 0.287 e. The van der Waals surface area contributed by atoms with Crippen LogP contribution in [0.4, 0.5) is 0 Å². The molecule has 1 aliphatic heterocycles. The summed E-state index contributed by atoms with van der Waals surface area (Å²) in [5, 5.41) is 2.85. The predicted octanol–water partition coefficient (Wildman–Crippen LogP) is 2.20. The Balaban J connectivity index is 1.84. The molecule has 1 aromatic rings. The van der Waals surface area contributed by atoms with Crippen LogP contribution < -0.4 is 5.32 Å².